The number of aryl methyl sites for hydroxylation is 1. The summed E-state index contributed by atoms with van der Waals surface area (Å²) >= 11 is 6.17. The number of halogens is 1. The number of nitrogens with one attached hydrogen (secondary N) is 1. The van der Waals surface area contributed by atoms with Crippen molar-refractivity contribution in [1.29, 1.82) is 0 Å². The molecule has 226 valence electrons. The Hall–Kier alpha value is -3.56. The molecule has 1 N–H and O–H groups in total. The quantitative estimate of drug-likeness (QED) is 0.264. The molecule has 0 saturated carbocycles. The number of anilines is 1. The summed E-state index contributed by atoms with van der Waals surface area (Å²) in [5, 5.41) is 3.40. The summed E-state index contributed by atoms with van der Waals surface area (Å²) in [7, 11) is -2.07. The van der Waals surface area contributed by atoms with Crippen LogP contribution in [0, 0.1) is 6.92 Å². The third-order valence-corrected chi connectivity index (χ3v) is 8.20. The first-order valence-corrected chi connectivity index (χ1v) is 16.1. The molecule has 0 aliphatic heterocycles. The fourth-order valence-electron chi connectivity index (χ4n) is 4.74. The molecular weight excluding hydrogens is 574 g/mol. The number of benzene rings is 3. The van der Waals surface area contributed by atoms with E-state index in [1.54, 1.807) is 30.2 Å². The molecule has 0 bridgehead atoms. The second-order valence-electron chi connectivity index (χ2n) is 10.6. The number of hydrogen-bond donors (Lipinski definition) is 1. The fraction of sp³-hybridized carbons (Fsp3) is 0.375. The van der Waals surface area contributed by atoms with Gasteiger partial charge in [0.1, 0.15) is 11.8 Å². The lowest BCUT2D eigenvalue weighted by Crippen LogP contribution is -2.51. The molecule has 0 aliphatic carbocycles. The van der Waals surface area contributed by atoms with Crippen molar-refractivity contribution >= 4 is 39.1 Å². The van der Waals surface area contributed by atoms with E-state index in [4.69, 9.17) is 16.3 Å². The summed E-state index contributed by atoms with van der Waals surface area (Å²) in [5.41, 5.74) is 2.96. The maximum Gasteiger partial charge on any atom is 0.243 e. The molecule has 0 unspecified atom stereocenters. The van der Waals surface area contributed by atoms with Crippen LogP contribution in [0.4, 0.5) is 5.69 Å². The zero-order valence-corrected chi connectivity index (χ0v) is 26.4. The maximum absolute atomic E-state index is 13.9. The van der Waals surface area contributed by atoms with Crippen LogP contribution in [0.1, 0.15) is 43.4 Å². The minimum absolute atomic E-state index is 0.0375. The van der Waals surface area contributed by atoms with Crippen molar-refractivity contribution in [2.75, 3.05) is 24.2 Å². The molecule has 1 atom stereocenters. The second kappa shape index (κ2) is 15.1. The lowest BCUT2D eigenvalue weighted by atomic mass is 10.0. The molecule has 0 heterocycles. The average Bonchev–Trinajstić information content (AvgIpc) is 2.94. The topological polar surface area (TPSA) is 96.0 Å². The monoisotopic (exact) mass is 613 g/mol. The first kappa shape index (κ1) is 32.9. The van der Waals surface area contributed by atoms with Crippen LogP contribution in [0.5, 0.6) is 5.75 Å². The summed E-state index contributed by atoms with van der Waals surface area (Å²) in [4.78, 5) is 29.1. The van der Waals surface area contributed by atoms with Crippen LogP contribution in [-0.4, -0.2) is 57.1 Å². The lowest BCUT2D eigenvalue weighted by Gasteiger charge is -2.32. The smallest absolute Gasteiger partial charge is 0.243 e. The molecule has 3 aromatic carbocycles. The van der Waals surface area contributed by atoms with Crippen LogP contribution in [-0.2, 0) is 32.6 Å². The number of amides is 2. The van der Waals surface area contributed by atoms with Gasteiger partial charge in [0.05, 0.1) is 19.1 Å². The van der Waals surface area contributed by atoms with Crippen molar-refractivity contribution in [2.45, 2.75) is 58.7 Å². The van der Waals surface area contributed by atoms with Gasteiger partial charge in [0.2, 0.25) is 21.8 Å². The van der Waals surface area contributed by atoms with Crippen molar-refractivity contribution in [3.05, 3.63) is 94.5 Å². The molecule has 3 rings (SSSR count). The standard InChI is InChI=1S/C32H40ClN3O5S/c1-23(2)34-32(38)30(20-25-11-7-6-8-12-25)35(22-26-13-9-14-28(19-26)41-4)31(37)15-10-18-36(42(5,39)40)29-21-27(33)17-16-24(29)3/h6-9,11-14,16-17,19,21,23,30H,10,15,18,20,22H2,1-5H3,(H,34,38)/t30-/m0/s1. The highest BCUT2D eigenvalue weighted by Crippen LogP contribution is 2.27. The number of hydrogen-bond acceptors (Lipinski definition) is 5. The van der Waals surface area contributed by atoms with Crippen molar-refractivity contribution in [3.8, 4) is 5.75 Å². The highest BCUT2D eigenvalue weighted by atomic mass is 35.5. The van der Waals surface area contributed by atoms with E-state index >= 15 is 0 Å². The molecule has 42 heavy (non-hydrogen) atoms. The number of carbonyl (C=O) groups is 2. The Morgan fingerprint density at radius 2 is 1.67 bits per heavy atom. The van der Waals surface area contributed by atoms with Gasteiger partial charge in [-0.2, -0.15) is 0 Å². The van der Waals surface area contributed by atoms with E-state index in [-0.39, 0.29) is 43.8 Å². The average molecular weight is 614 g/mol. The molecule has 0 aromatic heterocycles. The molecular formula is C32H40ClN3O5S. The third-order valence-electron chi connectivity index (χ3n) is 6.78. The normalized spacial score (nSPS) is 12.1. The minimum atomic E-state index is -3.64. The molecule has 10 heteroatoms. The summed E-state index contributed by atoms with van der Waals surface area (Å²) in [6.45, 7) is 5.83. The van der Waals surface area contributed by atoms with Crippen LogP contribution in [0.15, 0.2) is 72.8 Å². The minimum Gasteiger partial charge on any atom is -0.497 e. The summed E-state index contributed by atoms with van der Waals surface area (Å²) < 4.78 is 32.1. The van der Waals surface area contributed by atoms with Crippen LogP contribution in [0.3, 0.4) is 0 Å². The Kier molecular flexibility index (Phi) is 11.8. The van der Waals surface area contributed by atoms with Crippen molar-refractivity contribution in [3.63, 3.8) is 0 Å². The third kappa shape index (κ3) is 9.49. The Bertz CT molecular complexity index is 1460. The number of nitrogens with zero attached hydrogens (tertiary/aromatic N) is 2. The van der Waals surface area contributed by atoms with Crippen LogP contribution >= 0.6 is 11.6 Å². The highest BCUT2D eigenvalue weighted by molar-refractivity contribution is 7.92. The molecule has 3 aromatic rings. The van der Waals surface area contributed by atoms with Crippen LogP contribution in [0.2, 0.25) is 5.02 Å². The lowest BCUT2D eigenvalue weighted by molar-refractivity contribution is -0.141. The number of carbonyl (C=O) groups excluding carboxylic acids is 2. The number of rotatable bonds is 14. The van der Waals surface area contributed by atoms with Gasteiger partial charge >= 0.3 is 0 Å². The molecule has 0 radical (unpaired) electrons. The largest absolute Gasteiger partial charge is 0.497 e. The predicted octanol–water partition coefficient (Wildman–Crippen LogP) is 5.37. The Morgan fingerprint density at radius 3 is 2.31 bits per heavy atom. The van der Waals surface area contributed by atoms with E-state index in [1.807, 2.05) is 75.4 Å². The summed E-state index contributed by atoms with van der Waals surface area (Å²) in [6, 6.07) is 21.1. The fourth-order valence-corrected chi connectivity index (χ4v) is 5.92. The van der Waals surface area contributed by atoms with Gasteiger partial charge in [-0.05, 0) is 68.1 Å². The van der Waals surface area contributed by atoms with E-state index in [9.17, 15) is 18.0 Å². The van der Waals surface area contributed by atoms with E-state index in [1.165, 1.54) is 4.31 Å². The van der Waals surface area contributed by atoms with Crippen molar-refractivity contribution in [1.82, 2.24) is 10.2 Å². The van der Waals surface area contributed by atoms with Gasteiger partial charge in [-0.3, -0.25) is 13.9 Å². The zero-order valence-electron chi connectivity index (χ0n) is 24.8. The van der Waals surface area contributed by atoms with Crippen LogP contribution < -0.4 is 14.4 Å². The van der Waals surface area contributed by atoms with Crippen molar-refractivity contribution < 1.29 is 22.7 Å². The molecule has 0 saturated heterocycles. The van der Waals surface area contributed by atoms with E-state index in [2.05, 4.69) is 5.32 Å². The van der Waals surface area contributed by atoms with Gasteiger partial charge in [0, 0.05) is 37.0 Å². The van der Waals surface area contributed by atoms with E-state index in [0.717, 1.165) is 22.9 Å². The molecule has 0 spiro atoms. The zero-order chi connectivity index (χ0) is 30.9. The molecule has 2 amide bonds. The predicted molar refractivity (Wildman–Crippen MR) is 168 cm³/mol. The number of ether oxygens (including phenoxy) is 1. The molecule has 0 fully saturated rings. The number of methoxy groups -OCH3 is 1. The Balaban J connectivity index is 1.92. The maximum atomic E-state index is 13.9. The van der Waals surface area contributed by atoms with Gasteiger partial charge in [-0.1, -0.05) is 60.1 Å². The van der Waals surface area contributed by atoms with Gasteiger partial charge in [-0.15, -0.1) is 0 Å². The van der Waals surface area contributed by atoms with E-state index < -0.39 is 16.1 Å². The first-order chi connectivity index (χ1) is 19.9. The summed E-state index contributed by atoms with van der Waals surface area (Å²) in [5.74, 6) is 0.137. The molecule has 0 aliphatic rings. The van der Waals surface area contributed by atoms with Crippen molar-refractivity contribution in [2.24, 2.45) is 0 Å². The Labute approximate surface area is 254 Å². The summed E-state index contributed by atoms with van der Waals surface area (Å²) in [6.07, 6.45) is 1.74. The second-order valence-corrected chi connectivity index (χ2v) is 13.0. The SMILES string of the molecule is COc1cccc(CN(C(=O)CCCN(c2cc(Cl)ccc2C)S(C)(=O)=O)[C@@H](Cc2ccccc2)C(=O)NC(C)C)c1. The van der Waals surface area contributed by atoms with Gasteiger partial charge in [-0.25, -0.2) is 8.42 Å². The van der Waals surface area contributed by atoms with Gasteiger partial charge in [0.15, 0.2) is 0 Å². The van der Waals surface area contributed by atoms with E-state index in [0.29, 0.717) is 22.9 Å². The van der Waals surface area contributed by atoms with Crippen LogP contribution in [0.25, 0.3) is 0 Å². The Morgan fingerprint density at radius 1 is 0.976 bits per heavy atom. The van der Waals surface area contributed by atoms with Gasteiger partial charge in [0.25, 0.3) is 0 Å². The highest BCUT2D eigenvalue weighted by Gasteiger charge is 2.31. The first-order valence-electron chi connectivity index (χ1n) is 13.9. The number of sulfonamides is 1. The van der Waals surface area contributed by atoms with Gasteiger partial charge < -0.3 is 15.0 Å². The molecule has 8 nitrogen and oxygen atoms in total.